The molecule has 6 nitrogen and oxygen atoms in total. The Kier molecular flexibility index (Phi) is 5.04. The zero-order valence-corrected chi connectivity index (χ0v) is 17.8. The molecular formula is C23H22F4N2O4. The van der Waals surface area contributed by atoms with Gasteiger partial charge in [0.1, 0.15) is 17.9 Å². The molecule has 0 aliphatic carbocycles. The standard InChI is InChI=1S/C23H22F4N2O4/c1-22(26,27)19-16(4-9-32-19)20(30)28-7-5-23(6-8-28)21(31)29-17(2-3-18(29)33-23)13-10-14(24)12-15(25)11-13/h4,9-12,17-18H,2-3,5-8H2,1H3/t17-,18+/m0/s1. The van der Waals surface area contributed by atoms with Crippen LogP contribution in [0.25, 0.3) is 0 Å². The van der Waals surface area contributed by atoms with Crippen molar-refractivity contribution in [1.29, 1.82) is 0 Å². The molecule has 2 aromatic rings. The van der Waals surface area contributed by atoms with Crippen LogP contribution in [0.3, 0.4) is 0 Å². The zero-order valence-electron chi connectivity index (χ0n) is 17.8. The number of benzene rings is 1. The minimum absolute atomic E-state index is 0.143. The molecule has 1 spiro atoms. The predicted octanol–water partition coefficient (Wildman–Crippen LogP) is 4.36. The number of hydrogen-bond donors (Lipinski definition) is 0. The molecule has 5 rings (SSSR count). The van der Waals surface area contributed by atoms with Crippen LogP contribution in [0.5, 0.6) is 0 Å². The maximum atomic E-state index is 13.7. The number of fused-ring (bicyclic) bond motifs is 1. The van der Waals surface area contributed by atoms with E-state index in [0.717, 1.165) is 12.3 Å². The lowest BCUT2D eigenvalue weighted by Crippen LogP contribution is -2.51. The quantitative estimate of drug-likeness (QED) is 0.631. The number of halogens is 4. The minimum Gasteiger partial charge on any atom is -0.462 e. The van der Waals surface area contributed by atoms with E-state index in [1.54, 1.807) is 4.90 Å². The van der Waals surface area contributed by atoms with Crippen molar-refractivity contribution in [3.8, 4) is 0 Å². The highest BCUT2D eigenvalue weighted by Crippen LogP contribution is 2.48. The maximum absolute atomic E-state index is 13.7. The Balaban J connectivity index is 1.31. The van der Waals surface area contributed by atoms with Gasteiger partial charge in [-0.25, -0.2) is 8.78 Å². The third-order valence-corrected chi connectivity index (χ3v) is 6.74. The summed E-state index contributed by atoms with van der Waals surface area (Å²) in [6.07, 6.45) is 2.00. The molecule has 3 saturated heterocycles. The minimum atomic E-state index is -3.30. The SMILES string of the molecule is CC(F)(F)c1occc1C(=O)N1CCC2(CC1)O[C@@H]1CC[C@@H](c3cc(F)cc(F)c3)N1C2=O. The number of amides is 2. The van der Waals surface area contributed by atoms with E-state index in [0.29, 0.717) is 25.3 Å². The summed E-state index contributed by atoms with van der Waals surface area (Å²) in [5.74, 6) is -6.26. The van der Waals surface area contributed by atoms with Crippen LogP contribution in [-0.2, 0) is 15.5 Å². The first-order valence-electron chi connectivity index (χ1n) is 10.8. The first kappa shape index (κ1) is 21.9. The van der Waals surface area contributed by atoms with E-state index in [1.807, 2.05) is 0 Å². The van der Waals surface area contributed by atoms with Crippen LogP contribution in [0.4, 0.5) is 17.6 Å². The van der Waals surface area contributed by atoms with Crippen LogP contribution in [0.1, 0.15) is 60.3 Å². The molecule has 10 heteroatoms. The highest BCUT2D eigenvalue weighted by Gasteiger charge is 2.58. The van der Waals surface area contributed by atoms with Crippen molar-refractivity contribution in [2.45, 2.75) is 56.4 Å². The monoisotopic (exact) mass is 466 g/mol. The van der Waals surface area contributed by atoms with Crippen LogP contribution in [-0.4, -0.2) is 46.5 Å². The van der Waals surface area contributed by atoms with E-state index in [-0.39, 0.29) is 37.4 Å². The number of carbonyl (C=O) groups is 2. The summed E-state index contributed by atoms with van der Waals surface area (Å²) in [5, 5.41) is 0. The lowest BCUT2D eigenvalue weighted by molar-refractivity contribution is -0.142. The first-order valence-corrected chi connectivity index (χ1v) is 10.8. The van der Waals surface area contributed by atoms with Gasteiger partial charge >= 0.3 is 5.92 Å². The molecule has 3 aliphatic rings. The topological polar surface area (TPSA) is 63.0 Å². The first-order chi connectivity index (χ1) is 15.6. The van der Waals surface area contributed by atoms with E-state index in [2.05, 4.69) is 0 Å². The number of carbonyl (C=O) groups excluding carboxylic acids is 2. The summed E-state index contributed by atoms with van der Waals surface area (Å²) < 4.78 is 66.0. The number of piperidine rings is 1. The number of likely N-dealkylation sites (tertiary alicyclic amines) is 1. The average molecular weight is 466 g/mol. The third-order valence-electron chi connectivity index (χ3n) is 6.74. The largest absolute Gasteiger partial charge is 0.462 e. The zero-order chi connectivity index (χ0) is 23.5. The van der Waals surface area contributed by atoms with E-state index in [9.17, 15) is 27.2 Å². The van der Waals surface area contributed by atoms with Crippen LogP contribution in [0.15, 0.2) is 34.9 Å². The molecule has 0 radical (unpaired) electrons. The van der Waals surface area contributed by atoms with Crippen molar-refractivity contribution >= 4 is 11.8 Å². The number of ether oxygens (including phenoxy) is 1. The molecule has 0 unspecified atom stereocenters. The molecule has 3 fully saturated rings. The molecular weight excluding hydrogens is 444 g/mol. The van der Waals surface area contributed by atoms with Crippen LogP contribution >= 0.6 is 0 Å². The van der Waals surface area contributed by atoms with Gasteiger partial charge in [-0.1, -0.05) is 0 Å². The van der Waals surface area contributed by atoms with Crippen molar-refractivity contribution in [2.24, 2.45) is 0 Å². The molecule has 0 saturated carbocycles. The smallest absolute Gasteiger partial charge is 0.302 e. The fourth-order valence-electron chi connectivity index (χ4n) is 5.20. The molecule has 2 amide bonds. The molecule has 3 aliphatic heterocycles. The Hall–Kier alpha value is -2.88. The highest BCUT2D eigenvalue weighted by molar-refractivity contribution is 5.96. The maximum Gasteiger partial charge on any atom is 0.302 e. The van der Waals surface area contributed by atoms with Crippen LogP contribution in [0.2, 0.25) is 0 Å². The second kappa shape index (κ2) is 7.58. The fraction of sp³-hybridized carbons (Fsp3) is 0.478. The lowest BCUT2D eigenvalue weighted by Gasteiger charge is -2.37. The number of hydrogen-bond acceptors (Lipinski definition) is 4. The Morgan fingerprint density at radius 1 is 1.12 bits per heavy atom. The average Bonchev–Trinajstić information content (AvgIpc) is 3.44. The van der Waals surface area contributed by atoms with Gasteiger partial charge in [0.15, 0.2) is 11.4 Å². The summed E-state index contributed by atoms with van der Waals surface area (Å²) in [4.78, 5) is 29.2. The van der Waals surface area contributed by atoms with Gasteiger partial charge in [-0.15, -0.1) is 0 Å². The van der Waals surface area contributed by atoms with Gasteiger partial charge in [0, 0.05) is 38.9 Å². The van der Waals surface area contributed by atoms with Crippen LogP contribution in [0, 0.1) is 11.6 Å². The molecule has 33 heavy (non-hydrogen) atoms. The number of nitrogens with zero attached hydrogens (tertiary/aromatic N) is 2. The van der Waals surface area contributed by atoms with Crippen LogP contribution < -0.4 is 0 Å². The third kappa shape index (κ3) is 3.60. The van der Waals surface area contributed by atoms with Gasteiger partial charge in [0.2, 0.25) is 0 Å². The molecule has 176 valence electrons. The van der Waals surface area contributed by atoms with E-state index >= 15 is 0 Å². The molecule has 1 aromatic carbocycles. The Labute approximate surface area is 187 Å². The molecule has 0 bridgehead atoms. The van der Waals surface area contributed by atoms with Gasteiger partial charge in [-0.3, -0.25) is 9.59 Å². The molecule has 2 atom stereocenters. The van der Waals surface area contributed by atoms with E-state index < -0.39 is 47.1 Å². The Morgan fingerprint density at radius 2 is 1.79 bits per heavy atom. The van der Waals surface area contributed by atoms with Gasteiger partial charge in [-0.2, -0.15) is 8.78 Å². The van der Waals surface area contributed by atoms with Crippen molar-refractivity contribution in [3.05, 3.63) is 59.1 Å². The van der Waals surface area contributed by atoms with E-state index in [1.165, 1.54) is 23.1 Å². The second-order valence-electron chi connectivity index (χ2n) is 8.92. The van der Waals surface area contributed by atoms with Gasteiger partial charge in [0.25, 0.3) is 11.8 Å². The Bertz CT molecular complexity index is 1080. The van der Waals surface area contributed by atoms with Gasteiger partial charge in [-0.05, 0) is 36.6 Å². The summed E-state index contributed by atoms with van der Waals surface area (Å²) in [6, 6.07) is 3.96. The summed E-state index contributed by atoms with van der Waals surface area (Å²) in [6.45, 7) is 0.946. The molecule has 1 aromatic heterocycles. The predicted molar refractivity (Wildman–Crippen MR) is 106 cm³/mol. The second-order valence-corrected chi connectivity index (χ2v) is 8.92. The lowest BCUT2D eigenvalue weighted by atomic mass is 9.89. The summed E-state index contributed by atoms with van der Waals surface area (Å²) in [7, 11) is 0. The molecule has 0 N–H and O–H groups in total. The fourth-order valence-corrected chi connectivity index (χ4v) is 5.20. The number of furan rings is 1. The highest BCUT2D eigenvalue weighted by atomic mass is 19.3. The normalized spacial score (nSPS) is 24.6. The van der Waals surface area contributed by atoms with Crippen molar-refractivity contribution in [1.82, 2.24) is 9.80 Å². The van der Waals surface area contributed by atoms with Gasteiger partial charge in [0.05, 0.1) is 17.9 Å². The number of rotatable bonds is 3. The number of alkyl halides is 2. The van der Waals surface area contributed by atoms with Gasteiger partial charge < -0.3 is 19.0 Å². The van der Waals surface area contributed by atoms with Crippen molar-refractivity contribution < 1.29 is 36.3 Å². The summed E-state index contributed by atoms with van der Waals surface area (Å²) in [5.41, 5.74) is -0.963. The summed E-state index contributed by atoms with van der Waals surface area (Å²) >= 11 is 0. The van der Waals surface area contributed by atoms with Crippen molar-refractivity contribution in [2.75, 3.05) is 13.1 Å². The van der Waals surface area contributed by atoms with E-state index in [4.69, 9.17) is 9.15 Å². The van der Waals surface area contributed by atoms with Crippen molar-refractivity contribution in [3.63, 3.8) is 0 Å². The Morgan fingerprint density at radius 3 is 2.42 bits per heavy atom. The molecule has 4 heterocycles.